The third-order valence-electron chi connectivity index (χ3n) is 4.43. The molecule has 0 amide bonds. The quantitative estimate of drug-likeness (QED) is 0.238. The van der Waals surface area contributed by atoms with E-state index in [1.54, 1.807) is 0 Å². The monoisotopic (exact) mass is 376 g/mol. The van der Waals surface area contributed by atoms with Gasteiger partial charge < -0.3 is 18.9 Å². The zero-order chi connectivity index (χ0) is 18.4. The van der Waals surface area contributed by atoms with Gasteiger partial charge in [-0.25, -0.2) is 9.59 Å². The van der Waals surface area contributed by atoms with Crippen molar-refractivity contribution in [3.63, 3.8) is 0 Å². The molecule has 3 aliphatic heterocycles. The lowest BCUT2D eigenvalue weighted by atomic mass is 9.83. The van der Waals surface area contributed by atoms with Crippen molar-refractivity contribution in [1.29, 1.82) is 0 Å². The van der Waals surface area contributed by atoms with Crippen LogP contribution < -0.4 is 0 Å². The zero-order valence-electron chi connectivity index (χ0n) is 13.2. The van der Waals surface area contributed by atoms with Gasteiger partial charge in [-0.3, -0.25) is 8.98 Å². The van der Waals surface area contributed by atoms with Crippen molar-refractivity contribution in [3.8, 4) is 0 Å². The Morgan fingerprint density at radius 1 is 1.16 bits per heavy atom. The summed E-state index contributed by atoms with van der Waals surface area (Å²) in [5.74, 6) is -3.05. The number of carbonyl (C=O) groups is 3. The molecule has 0 aromatic carbocycles. The van der Waals surface area contributed by atoms with E-state index in [9.17, 15) is 22.8 Å². The molecule has 0 saturated carbocycles. The van der Waals surface area contributed by atoms with Crippen LogP contribution in [0.15, 0.2) is 12.7 Å². The summed E-state index contributed by atoms with van der Waals surface area (Å²) in [6.07, 6.45) is -2.97. The summed E-state index contributed by atoms with van der Waals surface area (Å²) in [6.45, 7) is 2.52. The second-order valence-electron chi connectivity index (χ2n) is 5.79. The fraction of sp³-hybridized carbons (Fsp3) is 0.643. The van der Waals surface area contributed by atoms with Crippen molar-refractivity contribution in [1.82, 2.24) is 0 Å². The lowest BCUT2D eigenvalue weighted by Crippen LogP contribution is -2.48. The third-order valence-corrected chi connectivity index (χ3v) is 6.20. The predicted octanol–water partition coefficient (Wildman–Crippen LogP) is -1.32. The van der Waals surface area contributed by atoms with Crippen molar-refractivity contribution in [2.75, 3.05) is 13.7 Å². The van der Waals surface area contributed by atoms with Crippen LogP contribution in [0.5, 0.6) is 0 Å². The first-order chi connectivity index (χ1) is 11.8. The van der Waals surface area contributed by atoms with Crippen LogP contribution in [-0.2, 0) is 47.6 Å². The topological polar surface area (TPSA) is 132 Å². The highest BCUT2D eigenvalue weighted by molar-refractivity contribution is 7.87. The lowest BCUT2D eigenvalue weighted by molar-refractivity contribution is -0.165. The van der Waals surface area contributed by atoms with E-state index < -0.39 is 70.2 Å². The Morgan fingerprint density at radius 2 is 1.88 bits per heavy atom. The fourth-order valence-electron chi connectivity index (χ4n) is 3.47. The second kappa shape index (κ2) is 6.39. The maximum absolute atomic E-state index is 12.2. The first kappa shape index (κ1) is 17.8. The van der Waals surface area contributed by atoms with Gasteiger partial charge >= 0.3 is 17.9 Å². The van der Waals surface area contributed by atoms with Gasteiger partial charge in [0.15, 0.2) is 12.7 Å². The Balaban J connectivity index is 1.74. The molecule has 6 unspecified atom stereocenters. The molecular formula is C14H16O10S. The Morgan fingerprint density at radius 3 is 2.52 bits per heavy atom. The van der Waals surface area contributed by atoms with Gasteiger partial charge in [-0.15, -0.1) is 0 Å². The molecular weight excluding hydrogens is 360 g/mol. The standard InChI is InChI=1S/C14H16O10S/c1-3-7(15)21-5-9(17)22-11-10-6(4-8(16)20-2)14-13(23-10)12(11)24-25(14,18)19/h3,6,10-14H,1,4-5H2,2H3. The van der Waals surface area contributed by atoms with Gasteiger partial charge in [0, 0.05) is 12.0 Å². The molecule has 0 aromatic heterocycles. The van der Waals surface area contributed by atoms with Gasteiger partial charge in [-0.05, 0) is 0 Å². The molecule has 3 aliphatic rings. The molecule has 10 nitrogen and oxygen atoms in total. The number of hydrogen-bond acceptors (Lipinski definition) is 10. The van der Waals surface area contributed by atoms with Crippen molar-refractivity contribution in [3.05, 3.63) is 12.7 Å². The van der Waals surface area contributed by atoms with Crippen molar-refractivity contribution >= 4 is 28.0 Å². The van der Waals surface area contributed by atoms with E-state index in [0.29, 0.717) is 0 Å². The van der Waals surface area contributed by atoms with Gasteiger partial charge in [0.25, 0.3) is 10.1 Å². The summed E-state index contributed by atoms with van der Waals surface area (Å²) in [7, 11) is -2.77. The summed E-state index contributed by atoms with van der Waals surface area (Å²) in [6, 6.07) is 0. The lowest BCUT2D eigenvalue weighted by Gasteiger charge is -2.27. The van der Waals surface area contributed by atoms with Crippen molar-refractivity contribution in [2.45, 2.75) is 36.1 Å². The van der Waals surface area contributed by atoms with E-state index >= 15 is 0 Å². The van der Waals surface area contributed by atoms with Crippen LogP contribution in [0.3, 0.4) is 0 Å². The van der Waals surface area contributed by atoms with Crippen molar-refractivity contribution in [2.24, 2.45) is 5.92 Å². The molecule has 3 saturated heterocycles. The third kappa shape index (κ3) is 3.02. The van der Waals surface area contributed by atoms with E-state index in [1.165, 1.54) is 7.11 Å². The molecule has 0 aromatic rings. The van der Waals surface area contributed by atoms with Gasteiger partial charge in [0.05, 0.1) is 13.5 Å². The van der Waals surface area contributed by atoms with Crippen LogP contribution in [0.1, 0.15) is 6.42 Å². The van der Waals surface area contributed by atoms with Crippen LogP contribution in [0, 0.1) is 5.92 Å². The molecule has 138 valence electrons. The summed E-state index contributed by atoms with van der Waals surface area (Å²) < 4.78 is 49.3. The minimum atomic E-state index is -3.96. The Labute approximate surface area is 143 Å². The fourth-order valence-corrected chi connectivity index (χ4v) is 5.36. The predicted molar refractivity (Wildman–Crippen MR) is 77.4 cm³/mol. The summed E-state index contributed by atoms with van der Waals surface area (Å²) in [4.78, 5) is 34.4. The van der Waals surface area contributed by atoms with E-state index in [-0.39, 0.29) is 6.42 Å². The molecule has 3 heterocycles. The van der Waals surface area contributed by atoms with Crippen molar-refractivity contribution < 1.29 is 45.9 Å². The maximum atomic E-state index is 12.2. The van der Waals surface area contributed by atoms with Crippen LogP contribution in [-0.4, -0.2) is 69.7 Å². The molecule has 2 bridgehead atoms. The van der Waals surface area contributed by atoms with Crippen LogP contribution in [0.2, 0.25) is 0 Å². The molecule has 3 fully saturated rings. The highest BCUT2D eigenvalue weighted by Crippen LogP contribution is 2.52. The number of esters is 3. The Bertz CT molecular complexity index is 713. The largest absolute Gasteiger partial charge is 0.469 e. The number of fused-ring (bicyclic) bond motifs is 1. The smallest absolute Gasteiger partial charge is 0.344 e. The average Bonchev–Trinajstić information content (AvgIpc) is 3.15. The molecule has 6 atom stereocenters. The Hall–Kier alpha value is -1.98. The normalized spacial score (nSPS) is 36.7. The molecule has 11 heteroatoms. The SMILES string of the molecule is C=CC(=O)OCC(=O)OC1C2OC3C1OS(=O)(=O)C3C2CC(=O)OC. The maximum Gasteiger partial charge on any atom is 0.344 e. The van der Waals surface area contributed by atoms with Gasteiger partial charge in [-0.1, -0.05) is 6.58 Å². The van der Waals surface area contributed by atoms with E-state index in [0.717, 1.165) is 6.08 Å². The highest BCUT2D eigenvalue weighted by Gasteiger charge is 2.71. The highest BCUT2D eigenvalue weighted by atomic mass is 32.2. The van der Waals surface area contributed by atoms with Crippen LogP contribution in [0.25, 0.3) is 0 Å². The molecule has 0 radical (unpaired) electrons. The number of rotatable bonds is 6. The van der Waals surface area contributed by atoms with Gasteiger partial charge in [-0.2, -0.15) is 8.42 Å². The van der Waals surface area contributed by atoms with E-state index in [1.807, 2.05) is 0 Å². The molecule has 0 aliphatic carbocycles. The summed E-state index contributed by atoms with van der Waals surface area (Å²) in [5.41, 5.74) is 0. The molecule has 0 N–H and O–H groups in total. The average molecular weight is 376 g/mol. The first-order valence-electron chi connectivity index (χ1n) is 7.41. The molecule has 0 spiro atoms. The minimum Gasteiger partial charge on any atom is -0.469 e. The van der Waals surface area contributed by atoms with Gasteiger partial charge in [0.2, 0.25) is 0 Å². The van der Waals surface area contributed by atoms with Gasteiger partial charge in [0.1, 0.15) is 23.6 Å². The number of hydrogen-bond donors (Lipinski definition) is 0. The number of methoxy groups -OCH3 is 1. The van der Waals surface area contributed by atoms with E-state index in [4.69, 9.17) is 13.7 Å². The van der Waals surface area contributed by atoms with E-state index in [2.05, 4.69) is 16.1 Å². The zero-order valence-corrected chi connectivity index (χ0v) is 14.0. The Kier molecular flexibility index (Phi) is 4.56. The first-order valence-corrected chi connectivity index (χ1v) is 8.88. The second-order valence-corrected chi connectivity index (χ2v) is 7.52. The minimum absolute atomic E-state index is 0.211. The van der Waals surface area contributed by atoms with Crippen LogP contribution >= 0.6 is 0 Å². The molecule has 25 heavy (non-hydrogen) atoms. The number of carbonyl (C=O) groups excluding carboxylic acids is 3. The molecule has 3 rings (SSSR count). The van der Waals surface area contributed by atoms with Crippen LogP contribution in [0.4, 0.5) is 0 Å². The summed E-state index contributed by atoms with van der Waals surface area (Å²) in [5, 5.41) is -1.00. The number of ether oxygens (including phenoxy) is 4. The summed E-state index contributed by atoms with van der Waals surface area (Å²) >= 11 is 0.